The fraction of sp³-hybridized carbons (Fsp3) is 0.105. The first kappa shape index (κ1) is 15.4. The number of benzene rings is 1. The van der Waals surface area contributed by atoms with E-state index in [0.29, 0.717) is 17.7 Å². The molecular weight excluding hydrogens is 322 g/mol. The minimum Gasteiger partial charge on any atom is -0.264 e. The van der Waals surface area contributed by atoms with Crippen LogP contribution in [0.15, 0.2) is 55.1 Å². The van der Waals surface area contributed by atoms with Crippen LogP contribution >= 0.6 is 0 Å². The van der Waals surface area contributed by atoms with E-state index >= 15 is 0 Å². The standard InChI is InChI=1S/C19H14F2N4/c1-12-2-3-22-8-15(12)11-25-19-6-14(9-23-18(19)10-24-25)13-4-16(20)7-17(21)5-13/h2-10H,11H2,1H3. The van der Waals surface area contributed by atoms with E-state index in [-0.39, 0.29) is 0 Å². The molecule has 0 spiro atoms. The second kappa shape index (κ2) is 6.05. The van der Waals surface area contributed by atoms with Gasteiger partial charge in [-0.25, -0.2) is 8.78 Å². The number of nitrogens with zero attached hydrogens (tertiary/aromatic N) is 4. The molecule has 0 amide bonds. The fourth-order valence-corrected chi connectivity index (χ4v) is 2.78. The number of aromatic nitrogens is 4. The van der Waals surface area contributed by atoms with E-state index in [2.05, 4.69) is 15.1 Å². The number of rotatable bonds is 3. The molecule has 0 fully saturated rings. The van der Waals surface area contributed by atoms with Gasteiger partial charge in [0.15, 0.2) is 0 Å². The monoisotopic (exact) mass is 336 g/mol. The first-order valence-corrected chi connectivity index (χ1v) is 7.78. The molecule has 0 radical (unpaired) electrons. The van der Waals surface area contributed by atoms with Crippen molar-refractivity contribution in [1.29, 1.82) is 0 Å². The van der Waals surface area contributed by atoms with Crippen molar-refractivity contribution >= 4 is 11.0 Å². The molecule has 1 aromatic carbocycles. The molecule has 0 saturated carbocycles. The van der Waals surface area contributed by atoms with Crippen molar-refractivity contribution in [3.63, 3.8) is 0 Å². The molecule has 4 aromatic rings. The lowest BCUT2D eigenvalue weighted by atomic mass is 10.1. The summed E-state index contributed by atoms with van der Waals surface area (Å²) in [5.41, 5.74) is 4.77. The Labute approximate surface area is 142 Å². The van der Waals surface area contributed by atoms with E-state index in [1.807, 2.05) is 29.9 Å². The number of halogens is 2. The van der Waals surface area contributed by atoms with Crippen molar-refractivity contribution in [3.05, 3.63) is 77.9 Å². The average molecular weight is 336 g/mol. The fourth-order valence-electron chi connectivity index (χ4n) is 2.78. The van der Waals surface area contributed by atoms with Crippen molar-refractivity contribution in [1.82, 2.24) is 19.7 Å². The van der Waals surface area contributed by atoms with E-state index in [9.17, 15) is 8.78 Å². The lowest BCUT2D eigenvalue weighted by Gasteiger charge is -2.08. The van der Waals surface area contributed by atoms with E-state index in [0.717, 1.165) is 28.2 Å². The molecule has 3 heterocycles. The molecule has 0 atom stereocenters. The average Bonchev–Trinajstić information content (AvgIpc) is 2.98. The van der Waals surface area contributed by atoms with Gasteiger partial charge in [-0.05, 0) is 47.9 Å². The zero-order valence-corrected chi connectivity index (χ0v) is 13.4. The van der Waals surface area contributed by atoms with E-state index in [1.54, 1.807) is 18.6 Å². The summed E-state index contributed by atoms with van der Waals surface area (Å²) in [6.07, 6.45) is 6.83. The van der Waals surface area contributed by atoms with Gasteiger partial charge in [-0.2, -0.15) is 5.10 Å². The molecule has 0 saturated heterocycles. The summed E-state index contributed by atoms with van der Waals surface area (Å²) >= 11 is 0. The smallest absolute Gasteiger partial charge is 0.126 e. The third kappa shape index (κ3) is 2.98. The Bertz CT molecular complexity index is 1050. The van der Waals surface area contributed by atoms with Gasteiger partial charge >= 0.3 is 0 Å². The molecule has 25 heavy (non-hydrogen) atoms. The third-order valence-electron chi connectivity index (χ3n) is 4.16. The third-order valence-corrected chi connectivity index (χ3v) is 4.16. The largest absolute Gasteiger partial charge is 0.264 e. The summed E-state index contributed by atoms with van der Waals surface area (Å²) in [5, 5.41) is 4.38. The van der Waals surface area contributed by atoms with Crippen LogP contribution in [0.2, 0.25) is 0 Å². The Morgan fingerprint density at radius 2 is 1.76 bits per heavy atom. The molecule has 4 rings (SSSR count). The Morgan fingerprint density at radius 1 is 0.960 bits per heavy atom. The van der Waals surface area contributed by atoms with Crippen molar-refractivity contribution in [2.75, 3.05) is 0 Å². The van der Waals surface area contributed by atoms with Gasteiger partial charge < -0.3 is 0 Å². The van der Waals surface area contributed by atoms with Gasteiger partial charge in [-0.3, -0.25) is 14.6 Å². The van der Waals surface area contributed by atoms with Gasteiger partial charge in [-0.15, -0.1) is 0 Å². The molecule has 0 unspecified atom stereocenters. The highest BCUT2D eigenvalue weighted by Gasteiger charge is 2.10. The zero-order valence-electron chi connectivity index (χ0n) is 13.4. The summed E-state index contributed by atoms with van der Waals surface area (Å²) in [5.74, 6) is -1.23. The Morgan fingerprint density at radius 3 is 2.52 bits per heavy atom. The Hall–Kier alpha value is -3.15. The van der Waals surface area contributed by atoms with Crippen LogP contribution in [0.3, 0.4) is 0 Å². The van der Waals surface area contributed by atoms with E-state index in [4.69, 9.17) is 0 Å². The maximum absolute atomic E-state index is 13.5. The van der Waals surface area contributed by atoms with Crippen LogP contribution in [0.4, 0.5) is 8.78 Å². The quantitative estimate of drug-likeness (QED) is 0.565. The summed E-state index contributed by atoms with van der Waals surface area (Å²) in [6.45, 7) is 2.56. The van der Waals surface area contributed by atoms with Crippen LogP contribution in [0, 0.1) is 18.6 Å². The summed E-state index contributed by atoms with van der Waals surface area (Å²) < 4.78 is 28.8. The molecule has 3 aromatic heterocycles. The number of hydrogen-bond donors (Lipinski definition) is 0. The molecule has 0 aliphatic rings. The minimum atomic E-state index is -0.616. The maximum Gasteiger partial charge on any atom is 0.126 e. The second-order valence-corrected chi connectivity index (χ2v) is 5.89. The van der Waals surface area contributed by atoms with Gasteiger partial charge in [0.1, 0.15) is 17.2 Å². The predicted octanol–water partition coefficient (Wildman–Crippen LogP) is 4.13. The highest BCUT2D eigenvalue weighted by atomic mass is 19.1. The van der Waals surface area contributed by atoms with Crippen LogP contribution in [-0.2, 0) is 6.54 Å². The van der Waals surface area contributed by atoms with Crippen molar-refractivity contribution in [2.24, 2.45) is 0 Å². The van der Waals surface area contributed by atoms with Gasteiger partial charge in [0.05, 0.1) is 18.3 Å². The van der Waals surface area contributed by atoms with Crippen molar-refractivity contribution < 1.29 is 8.78 Å². The van der Waals surface area contributed by atoms with E-state index < -0.39 is 11.6 Å². The normalized spacial score (nSPS) is 11.2. The zero-order chi connectivity index (χ0) is 17.4. The molecule has 0 bridgehead atoms. The summed E-state index contributed by atoms with van der Waals surface area (Å²) in [6, 6.07) is 7.22. The van der Waals surface area contributed by atoms with Gasteiger partial charge in [0, 0.05) is 30.2 Å². The molecule has 124 valence electrons. The lowest BCUT2D eigenvalue weighted by molar-refractivity contribution is 0.584. The van der Waals surface area contributed by atoms with Gasteiger partial charge in [0.25, 0.3) is 0 Å². The molecule has 0 aliphatic carbocycles. The number of aryl methyl sites for hydroxylation is 1. The molecule has 0 N–H and O–H groups in total. The van der Waals surface area contributed by atoms with Crippen molar-refractivity contribution in [3.8, 4) is 11.1 Å². The van der Waals surface area contributed by atoms with Crippen LogP contribution in [0.5, 0.6) is 0 Å². The lowest BCUT2D eigenvalue weighted by Crippen LogP contribution is -2.03. The molecule has 0 aliphatic heterocycles. The second-order valence-electron chi connectivity index (χ2n) is 5.89. The predicted molar refractivity (Wildman–Crippen MR) is 91.0 cm³/mol. The minimum absolute atomic E-state index is 0.442. The van der Waals surface area contributed by atoms with Gasteiger partial charge in [0.2, 0.25) is 0 Å². The van der Waals surface area contributed by atoms with Crippen molar-refractivity contribution in [2.45, 2.75) is 13.5 Å². The van der Waals surface area contributed by atoms with Crippen LogP contribution < -0.4 is 0 Å². The Balaban J connectivity index is 1.79. The van der Waals surface area contributed by atoms with Gasteiger partial charge in [-0.1, -0.05) is 0 Å². The highest BCUT2D eigenvalue weighted by molar-refractivity contribution is 5.80. The first-order valence-electron chi connectivity index (χ1n) is 7.78. The number of fused-ring (bicyclic) bond motifs is 1. The highest BCUT2D eigenvalue weighted by Crippen LogP contribution is 2.25. The topological polar surface area (TPSA) is 43.6 Å². The summed E-state index contributed by atoms with van der Waals surface area (Å²) in [4.78, 5) is 8.51. The molecule has 6 heteroatoms. The van der Waals surface area contributed by atoms with E-state index in [1.165, 1.54) is 12.1 Å². The summed E-state index contributed by atoms with van der Waals surface area (Å²) in [7, 11) is 0. The van der Waals surface area contributed by atoms with Crippen LogP contribution in [0.1, 0.15) is 11.1 Å². The molecular formula is C19H14F2N4. The number of hydrogen-bond acceptors (Lipinski definition) is 3. The van der Waals surface area contributed by atoms with Crippen LogP contribution in [-0.4, -0.2) is 19.7 Å². The maximum atomic E-state index is 13.5. The first-order chi connectivity index (χ1) is 12.1. The van der Waals surface area contributed by atoms with Crippen LogP contribution in [0.25, 0.3) is 22.2 Å². The Kier molecular flexibility index (Phi) is 3.72. The number of pyridine rings is 2. The molecule has 4 nitrogen and oxygen atoms in total. The SMILES string of the molecule is Cc1ccncc1Cn1ncc2ncc(-c3cc(F)cc(F)c3)cc21.